The third-order valence-corrected chi connectivity index (χ3v) is 7.55. The fraction of sp³-hybridized carbons (Fsp3) is 0.435. The number of hydrogen-bond acceptors (Lipinski definition) is 4. The molecular weight excluding hydrogens is 434 g/mol. The summed E-state index contributed by atoms with van der Waals surface area (Å²) in [7, 11) is -3.43. The van der Waals surface area contributed by atoms with E-state index in [9.17, 15) is 13.2 Å². The number of nitrogens with zero attached hydrogens (tertiary/aromatic N) is 2. The van der Waals surface area contributed by atoms with E-state index in [0.29, 0.717) is 12.8 Å². The summed E-state index contributed by atoms with van der Waals surface area (Å²) in [5, 5.41) is 0.746. The number of sulfonamides is 1. The molecule has 2 fully saturated rings. The minimum Gasteiger partial charge on any atom is -0.340 e. The molecule has 2 aromatic carbocycles. The Labute approximate surface area is 189 Å². The first-order valence-corrected chi connectivity index (χ1v) is 12.6. The van der Waals surface area contributed by atoms with Gasteiger partial charge >= 0.3 is 0 Å². The van der Waals surface area contributed by atoms with E-state index in [0.717, 1.165) is 56.2 Å². The largest absolute Gasteiger partial charge is 0.340 e. The first kappa shape index (κ1) is 22.3. The molecule has 1 aliphatic carbocycles. The molecule has 1 heterocycles. The zero-order chi connectivity index (χ0) is 21.8. The lowest BCUT2D eigenvalue weighted by Crippen LogP contribution is -2.48. The molecule has 8 heteroatoms. The van der Waals surface area contributed by atoms with Crippen LogP contribution in [0.2, 0.25) is 5.02 Å². The first-order chi connectivity index (χ1) is 14.9. The lowest BCUT2D eigenvalue weighted by atomic mass is 10.1. The average Bonchev–Trinajstić information content (AvgIpc) is 3.56. The smallest absolute Gasteiger partial charge is 0.240 e. The van der Waals surface area contributed by atoms with Crippen LogP contribution in [-0.2, 0) is 27.8 Å². The molecule has 1 aliphatic heterocycles. The van der Waals surface area contributed by atoms with Crippen LogP contribution in [-0.4, -0.2) is 56.3 Å². The van der Waals surface area contributed by atoms with Gasteiger partial charge in [-0.25, -0.2) is 13.1 Å². The number of aryl methyl sites for hydroxylation is 1. The van der Waals surface area contributed by atoms with Crippen molar-refractivity contribution in [2.75, 3.05) is 26.2 Å². The van der Waals surface area contributed by atoms with Gasteiger partial charge in [0.05, 0.1) is 4.90 Å². The van der Waals surface area contributed by atoms with E-state index in [-0.39, 0.29) is 16.8 Å². The summed E-state index contributed by atoms with van der Waals surface area (Å²) in [5.74, 6) is 0.148. The number of carbonyl (C=O) groups is 1. The van der Waals surface area contributed by atoms with Gasteiger partial charge in [0.1, 0.15) is 0 Å². The Balaban J connectivity index is 1.22. The van der Waals surface area contributed by atoms with Gasteiger partial charge in [-0.3, -0.25) is 9.69 Å². The van der Waals surface area contributed by atoms with Gasteiger partial charge < -0.3 is 4.90 Å². The summed E-state index contributed by atoms with van der Waals surface area (Å²) in [6, 6.07) is 14.8. The molecule has 0 atom stereocenters. The molecule has 2 aromatic rings. The van der Waals surface area contributed by atoms with Crippen molar-refractivity contribution in [3.05, 3.63) is 64.7 Å². The summed E-state index contributed by atoms with van der Waals surface area (Å²) in [6.07, 6.45) is 2.86. The highest BCUT2D eigenvalue weighted by atomic mass is 35.5. The summed E-state index contributed by atoms with van der Waals surface area (Å²) in [6.45, 7) is 3.98. The molecule has 0 aromatic heterocycles. The zero-order valence-electron chi connectivity index (χ0n) is 17.5. The molecule has 6 nitrogen and oxygen atoms in total. The minimum absolute atomic E-state index is 0.0910. The van der Waals surface area contributed by atoms with Crippen LogP contribution in [0.15, 0.2) is 53.4 Å². The number of nitrogens with one attached hydrogen (secondary N) is 1. The minimum atomic E-state index is -3.43. The highest BCUT2D eigenvalue weighted by Gasteiger charge is 2.28. The maximum atomic E-state index is 12.6. The zero-order valence-corrected chi connectivity index (χ0v) is 19.0. The second kappa shape index (κ2) is 9.69. The van der Waals surface area contributed by atoms with Crippen LogP contribution >= 0.6 is 11.6 Å². The van der Waals surface area contributed by atoms with Gasteiger partial charge in [0.2, 0.25) is 15.9 Å². The van der Waals surface area contributed by atoms with Gasteiger partial charge in [-0.1, -0.05) is 35.9 Å². The van der Waals surface area contributed by atoms with Crippen molar-refractivity contribution in [3.63, 3.8) is 0 Å². The molecular formula is C23H28ClN3O3S. The predicted molar refractivity (Wildman–Crippen MR) is 121 cm³/mol. The molecule has 1 amide bonds. The third kappa shape index (κ3) is 6.29. The number of rotatable bonds is 8. The van der Waals surface area contributed by atoms with Crippen LogP contribution in [0, 0.1) is 0 Å². The van der Waals surface area contributed by atoms with E-state index in [1.165, 1.54) is 5.56 Å². The number of benzene rings is 2. The van der Waals surface area contributed by atoms with Gasteiger partial charge in [-0.2, -0.15) is 0 Å². The van der Waals surface area contributed by atoms with Gasteiger partial charge in [0, 0.05) is 50.2 Å². The Bertz CT molecular complexity index is 1010. The molecule has 1 N–H and O–H groups in total. The van der Waals surface area contributed by atoms with Crippen LogP contribution in [0.3, 0.4) is 0 Å². The monoisotopic (exact) mass is 461 g/mol. The lowest BCUT2D eigenvalue weighted by Gasteiger charge is -2.35. The van der Waals surface area contributed by atoms with Crippen LogP contribution in [0.25, 0.3) is 0 Å². The van der Waals surface area contributed by atoms with Crippen molar-refractivity contribution in [2.45, 2.75) is 43.2 Å². The van der Waals surface area contributed by atoms with E-state index in [1.807, 2.05) is 23.1 Å². The van der Waals surface area contributed by atoms with Crippen molar-refractivity contribution < 1.29 is 13.2 Å². The molecule has 2 aliphatic rings. The van der Waals surface area contributed by atoms with E-state index in [2.05, 4.69) is 15.7 Å². The Morgan fingerprint density at radius 2 is 1.71 bits per heavy atom. The fourth-order valence-electron chi connectivity index (χ4n) is 3.78. The highest BCUT2D eigenvalue weighted by Crippen LogP contribution is 2.22. The molecule has 0 radical (unpaired) electrons. The average molecular weight is 462 g/mol. The molecule has 0 spiro atoms. The normalized spacial score (nSPS) is 17.6. The van der Waals surface area contributed by atoms with Crippen molar-refractivity contribution >= 4 is 27.5 Å². The Morgan fingerprint density at radius 1 is 1.00 bits per heavy atom. The SMILES string of the molecule is O=C(CCc1ccc(S(=O)(=O)NC2CC2)cc1)N1CCN(Cc2cccc(Cl)c2)CC1. The van der Waals surface area contributed by atoms with Gasteiger partial charge in [0.25, 0.3) is 0 Å². The molecule has 0 bridgehead atoms. The number of halogens is 1. The van der Waals surface area contributed by atoms with Crippen molar-refractivity contribution in [1.29, 1.82) is 0 Å². The number of piperazine rings is 1. The quantitative estimate of drug-likeness (QED) is 0.656. The fourth-order valence-corrected chi connectivity index (χ4v) is 5.30. The topological polar surface area (TPSA) is 69.7 Å². The van der Waals surface area contributed by atoms with E-state index < -0.39 is 10.0 Å². The molecule has 31 heavy (non-hydrogen) atoms. The Morgan fingerprint density at radius 3 is 2.35 bits per heavy atom. The summed E-state index contributed by atoms with van der Waals surface area (Å²) < 4.78 is 27.2. The van der Waals surface area contributed by atoms with E-state index in [1.54, 1.807) is 24.3 Å². The summed E-state index contributed by atoms with van der Waals surface area (Å²) in [5.41, 5.74) is 2.16. The molecule has 166 valence electrons. The maximum Gasteiger partial charge on any atom is 0.240 e. The summed E-state index contributed by atoms with van der Waals surface area (Å²) in [4.78, 5) is 17.2. The van der Waals surface area contributed by atoms with Gasteiger partial charge in [-0.15, -0.1) is 0 Å². The van der Waals surface area contributed by atoms with Crippen molar-refractivity contribution in [3.8, 4) is 0 Å². The predicted octanol–water partition coefficient (Wildman–Crippen LogP) is 3.06. The Kier molecular flexibility index (Phi) is 6.96. The Hall–Kier alpha value is -1.93. The molecule has 1 saturated heterocycles. The second-order valence-electron chi connectivity index (χ2n) is 8.33. The van der Waals surface area contributed by atoms with Crippen LogP contribution in [0.1, 0.15) is 30.4 Å². The number of carbonyl (C=O) groups excluding carboxylic acids is 1. The standard InChI is InChI=1S/C23H28ClN3O3S/c24-20-3-1-2-19(16-20)17-26-12-14-27(15-13-26)23(28)11-6-18-4-9-22(10-5-18)31(29,30)25-21-7-8-21/h1-5,9-10,16,21,25H,6-8,11-15,17H2. The van der Waals surface area contributed by atoms with Crippen LogP contribution in [0.4, 0.5) is 0 Å². The summed E-state index contributed by atoms with van der Waals surface area (Å²) >= 11 is 6.06. The van der Waals surface area contributed by atoms with E-state index >= 15 is 0 Å². The van der Waals surface area contributed by atoms with Gasteiger partial charge in [0.15, 0.2) is 0 Å². The van der Waals surface area contributed by atoms with Crippen molar-refractivity contribution in [2.24, 2.45) is 0 Å². The van der Waals surface area contributed by atoms with Gasteiger partial charge in [-0.05, 0) is 54.7 Å². The lowest BCUT2D eigenvalue weighted by molar-refractivity contribution is -0.133. The van der Waals surface area contributed by atoms with Crippen LogP contribution in [0.5, 0.6) is 0 Å². The first-order valence-electron chi connectivity index (χ1n) is 10.7. The number of amides is 1. The molecule has 1 saturated carbocycles. The second-order valence-corrected chi connectivity index (χ2v) is 10.5. The van der Waals surface area contributed by atoms with Crippen molar-refractivity contribution in [1.82, 2.24) is 14.5 Å². The highest BCUT2D eigenvalue weighted by molar-refractivity contribution is 7.89. The van der Waals surface area contributed by atoms with E-state index in [4.69, 9.17) is 11.6 Å². The molecule has 0 unspecified atom stereocenters. The van der Waals surface area contributed by atoms with Crippen LogP contribution < -0.4 is 4.72 Å². The number of hydrogen-bond donors (Lipinski definition) is 1. The maximum absolute atomic E-state index is 12.6. The third-order valence-electron chi connectivity index (χ3n) is 5.78. The molecule has 4 rings (SSSR count).